The number of nitrogens with zero attached hydrogens (tertiary/aromatic N) is 1. The van der Waals surface area contributed by atoms with Gasteiger partial charge in [-0.1, -0.05) is 36.4 Å². The molecule has 0 spiro atoms. The van der Waals surface area contributed by atoms with Crippen molar-refractivity contribution in [2.75, 3.05) is 19.7 Å². The van der Waals surface area contributed by atoms with Crippen LogP contribution in [0.5, 0.6) is 0 Å². The number of likely N-dealkylation sites (tertiary alicyclic amines) is 1. The highest BCUT2D eigenvalue weighted by molar-refractivity contribution is 6.08. The van der Waals surface area contributed by atoms with Crippen molar-refractivity contribution < 1.29 is 18.7 Å². The largest absolute Gasteiger partial charge is 0.450 e. The molecule has 0 bridgehead atoms. The normalized spacial score (nSPS) is 14.7. The van der Waals surface area contributed by atoms with Gasteiger partial charge in [0.05, 0.1) is 0 Å². The summed E-state index contributed by atoms with van der Waals surface area (Å²) in [4.78, 5) is 26.4. The van der Waals surface area contributed by atoms with Crippen LogP contribution in [0.15, 0.2) is 40.8 Å². The summed E-state index contributed by atoms with van der Waals surface area (Å²) in [6, 6.07) is 11.8. The van der Waals surface area contributed by atoms with Gasteiger partial charge in [-0.3, -0.25) is 4.79 Å². The Morgan fingerprint density at radius 3 is 2.62 bits per heavy atom. The minimum atomic E-state index is -0.590. The minimum absolute atomic E-state index is 0.141. The van der Waals surface area contributed by atoms with Gasteiger partial charge in [0.25, 0.3) is 5.91 Å². The van der Waals surface area contributed by atoms with E-state index in [-0.39, 0.29) is 18.3 Å². The molecule has 0 atom stereocenters. The minimum Gasteiger partial charge on any atom is -0.450 e. The van der Waals surface area contributed by atoms with Gasteiger partial charge in [-0.2, -0.15) is 0 Å². The smallest absolute Gasteiger partial charge is 0.375 e. The van der Waals surface area contributed by atoms with E-state index in [2.05, 4.69) is 0 Å². The standard InChI is InChI=1S/C21H21NO4/c1-14-16-10-9-15-7-3-4-8-17(15)20(16)26-19(14)21(24)25-13-18(23)22-11-5-2-6-12-22/h3-4,7-10H,2,5-6,11-13H2,1H3. The molecule has 134 valence electrons. The molecule has 1 aliphatic rings. The quantitative estimate of drug-likeness (QED) is 0.668. The Labute approximate surface area is 151 Å². The summed E-state index contributed by atoms with van der Waals surface area (Å²) in [5.41, 5.74) is 1.41. The number of amides is 1. The van der Waals surface area contributed by atoms with Gasteiger partial charge >= 0.3 is 5.97 Å². The van der Waals surface area contributed by atoms with Crippen LogP contribution in [0.2, 0.25) is 0 Å². The third-order valence-electron chi connectivity index (χ3n) is 5.05. The summed E-state index contributed by atoms with van der Waals surface area (Å²) in [6.07, 6.45) is 3.17. The molecule has 3 aromatic rings. The summed E-state index contributed by atoms with van der Waals surface area (Å²) in [6.45, 7) is 3.08. The van der Waals surface area contributed by atoms with E-state index in [1.165, 1.54) is 0 Å². The molecule has 5 heteroatoms. The van der Waals surface area contributed by atoms with E-state index >= 15 is 0 Å². The number of aryl methyl sites for hydroxylation is 1. The van der Waals surface area contributed by atoms with Crippen molar-refractivity contribution >= 4 is 33.6 Å². The highest BCUT2D eigenvalue weighted by Gasteiger charge is 2.23. The molecule has 1 aromatic heterocycles. The third-order valence-corrected chi connectivity index (χ3v) is 5.05. The van der Waals surface area contributed by atoms with Crippen LogP contribution >= 0.6 is 0 Å². The molecule has 2 heterocycles. The number of benzene rings is 2. The number of esters is 1. The average molecular weight is 351 g/mol. The van der Waals surface area contributed by atoms with E-state index in [0.29, 0.717) is 5.58 Å². The van der Waals surface area contributed by atoms with Crippen LogP contribution in [0.25, 0.3) is 21.7 Å². The first-order valence-corrected chi connectivity index (χ1v) is 9.01. The van der Waals surface area contributed by atoms with Gasteiger partial charge in [-0.15, -0.1) is 0 Å². The van der Waals surface area contributed by atoms with Crippen LogP contribution < -0.4 is 0 Å². The summed E-state index contributed by atoms with van der Waals surface area (Å²) in [5, 5.41) is 2.89. The molecule has 5 nitrogen and oxygen atoms in total. The zero-order valence-electron chi connectivity index (χ0n) is 14.8. The number of hydrogen-bond donors (Lipinski definition) is 0. The SMILES string of the molecule is Cc1c(C(=O)OCC(=O)N2CCCCC2)oc2c1ccc1ccccc12. The van der Waals surface area contributed by atoms with Crippen LogP contribution in [-0.2, 0) is 9.53 Å². The topological polar surface area (TPSA) is 59.8 Å². The average Bonchev–Trinajstić information content (AvgIpc) is 3.04. The monoisotopic (exact) mass is 351 g/mol. The second-order valence-corrected chi connectivity index (χ2v) is 6.74. The maximum atomic E-state index is 12.5. The lowest BCUT2D eigenvalue weighted by molar-refractivity contribution is -0.135. The third kappa shape index (κ3) is 2.94. The molecule has 1 aliphatic heterocycles. The number of fused-ring (bicyclic) bond motifs is 3. The van der Waals surface area contributed by atoms with E-state index in [1.807, 2.05) is 43.3 Å². The molecule has 1 amide bonds. The highest BCUT2D eigenvalue weighted by atomic mass is 16.5. The number of carbonyl (C=O) groups excluding carboxylic acids is 2. The molecule has 4 rings (SSSR count). The van der Waals surface area contributed by atoms with Crippen molar-refractivity contribution in [1.29, 1.82) is 0 Å². The lowest BCUT2D eigenvalue weighted by Crippen LogP contribution is -2.38. The second-order valence-electron chi connectivity index (χ2n) is 6.74. The molecule has 26 heavy (non-hydrogen) atoms. The summed E-state index contributed by atoms with van der Waals surface area (Å²) in [5.74, 6) is -0.562. The Bertz CT molecular complexity index is 982. The van der Waals surface area contributed by atoms with Crippen LogP contribution in [0.4, 0.5) is 0 Å². The van der Waals surface area contributed by atoms with Gasteiger partial charge in [-0.05, 0) is 31.6 Å². The van der Waals surface area contributed by atoms with Crippen LogP contribution in [0.1, 0.15) is 35.4 Å². The van der Waals surface area contributed by atoms with E-state index in [4.69, 9.17) is 9.15 Å². The number of furan rings is 1. The van der Waals surface area contributed by atoms with E-state index in [9.17, 15) is 9.59 Å². The lowest BCUT2D eigenvalue weighted by atomic mass is 10.1. The fourth-order valence-electron chi connectivity index (χ4n) is 3.57. The number of hydrogen-bond acceptors (Lipinski definition) is 4. The Balaban J connectivity index is 1.56. The maximum absolute atomic E-state index is 12.5. The molecule has 1 fully saturated rings. The maximum Gasteiger partial charge on any atom is 0.375 e. The van der Waals surface area contributed by atoms with Crippen LogP contribution in [0.3, 0.4) is 0 Å². The highest BCUT2D eigenvalue weighted by Crippen LogP contribution is 2.32. The first-order valence-electron chi connectivity index (χ1n) is 9.01. The number of piperidine rings is 1. The fourth-order valence-corrected chi connectivity index (χ4v) is 3.57. The molecule has 2 aromatic carbocycles. The van der Waals surface area contributed by atoms with Crippen molar-refractivity contribution in [2.24, 2.45) is 0 Å². The van der Waals surface area contributed by atoms with Gasteiger partial charge in [0, 0.05) is 29.4 Å². The van der Waals surface area contributed by atoms with Crippen LogP contribution in [-0.4, -0.2) is 36.5 Å². The van der Waals surface area contributed by atoms with Gasteiger partial charge in [0.2, 0.25) is 5.76 Å². The summed E-state index contributed by atoms with van der Waals surface area (Å²) in [7, 11) is 0. The number of rotatable bonds is 3. The van der Waals surface area contributed by atoms with Gasteiger partial charge < -0.3 is 14.1 Å². The van der Waals surface area contributed by atoms with E-state index in [0.717, 1.165) is 54.1 Å². The summed E-state index contributed by atoms with van der Waals surface area (Å²) < 4.78 is 11.1. The Morgan fingerprint density at radius 2 is 1.81 bits per heavy atom. The molecule has 0 saturated carbocycles. The van der Waals surface area contributed by atoms with E-state index in [1.54, 1.807) is 4.90 Å². The predicted octanol–water partition coefficient (Wildman–Crippen LogP) is 4.06. The molecular weight excluding hydrogens is 330 g/mol. The van der Waals surface area contributed by atoms with Crippen molar-refractivity contribution in [1.82, 2.24) is 4.90 Å². The zero-order chi connectivity index (χ0) is 18.1. The zero-order valence-corrected chi connectivity index (χ0v) is 14.8. The van der Waals surface area contributed by atoms with E-state index < -0.39 is 5.97 Å². The van der Waals surface area contributed by atoms with Gasteiger partial charge in [-0.25, -0.2) is 4.79 Å². The van der Waals surface area contributed by atoms with Gasteiger partial charge in [0.1, 0.15) is 5.58 Å². The summed E-state index contributed by atoms with van der Waals surface area (Å²) >= 11 is 0. The first kappa shape index (κ1) is 16.6. The Morgan fingerprint density at radius 1 is 1.04 bits per heavy atom. The Kier molecular flexibility index (Phi) is 4.37. The molecule has 0 N–H and O–H groups in total. The number of ether oxygens (including phenoxy) is 1. The molecule has 0 unspecified atom stereocenters. The number of carbonyl (C=O) groups is 2. The van der Waals surface area contributed by atoms with Crippen LogP contribution in [0, 0.1) is 6.92 Å². The van der Waals surface area contributed by atoms with Crippen molar-refractivity contribution in [2.45, 2.75) is 26.2 Å². The lowest BCUT2D eigenvalue weighted by Gasteiger charge is -2.26. The predicted molar refractivity (Wildman–Crippen MR) is 99.2 cm³/mol. The molecule has 0 aliphatic carbocycles. The molecule has 0 radical (unpaired) electrons. The first-order chi connectivity index (χ1) is 12.6. The van der Waals surface area contributed by atoms with Crippen molar-refractivity contribution in [3.8, 4) is 0 Å². The second kappa shape index (κ2) is 6.83. The van der Waals surface area contributed by atoms with Crippen molar-refractivity contribution in [3.63, 3.8) is 0 Å². The fraction of sp³-hybridized carbons (Fsp3) is 0.333. The molecule has 1 saturated heterocycles. The molecular formula is C21H21NO4. The Hall–Kier alpha value is -2.82. The van der Waals surface area contributed by atoms with Crippen molar-refractivity contribution in [3.05, 3.63) is 47.7 Å². The van der Waals surface area contributed by atoms with Gasteiger partial charge in [0.15, 0.2) is 6.61 Å².